The highest BCUT2D eigenvalue weighted by Crippen LogP contribution is 2.26. The van der Waals surface area contributed by atoms with Crippen LogP contribution in [0.2, 0.25) is 0 Å². The highest BCUT2D eigenvalue weighted by molar-refractivity contribution is 9.10. The van der Waals surface area contributed by atoms with Crippen molar-refractivity contribution in [1.29, 1.82) is 0 Å². The van der Waals surface area contributed by atoms with Crippen LogP contribution >= 0.6 is 15.9 Å². The number of halogens is 1. The Labute approximate surface area is 129 Å². The van der Waals surface area contributed by atoms with Crippen molar-refractivity contribution in [1.82, 2.24) is 4.98 Å². The van der Waals surface area contributed by atoms with Gasteiger partial charge in [0.25, 0.3) is 0 Å². The third-order valence-electron chi connectivity index (χ3n) is 3.34. The van der Waals surface area contributed by atoms with Crippen molar-refractivity contribution in [3.05, 3.63) is 58.3 Å². The molecule has 2 rings (SSSR count). The number of anilines is 1. The molecule has 0 atom stereocenters. The van der Waals surface area contributed by atoms with Gasteiger partial charge in [-0.3, -0.25) is 4.98 Å². The lowest BCUT2D eigenvalue weighted by Gasteiger charge is -2.21. The van der Waals surface area contributed by atoms with Crippen molar-refractivity contribution in [3.63, 3.8) is 0 Å². The van der Waals surface area contributed by atoms with Crippen LogP contribution in [-0.4, -0.2) is 25.1 Å². The lowest BCUT2D eigenvalue weighted by molar-refractivity contribution is 0.871. The van der Waals surface area contributed by atoms with E-state index in [0.717, 1.165) is 23.9 Å². The third kappa shape index (κ3) is 4.05. The number of hydrogen-bond donors (Lipinski definition) is 1. The first-order valence-electron chi connectivity index (χ1n) is 6.79. The molecule has 0 aliphatic heterocycles. The second kappa shape index (κ2) is 7.41. The fourth-order valence-corrected chi connectivity index (χ4v) is 2.88. The number of aromatic nitrogens is 1. The van der Waals surface area contributed by atoms with Gasteiger partial charge >= 0.3 is 0 Å². The first kappa shape index (κ1) is 15.0. The Kier molecular flexibility index (Phi) is 5.56. The summed E-state index contributed by atoms with van der Waals surface area (Å²) in [6.07, 6.45) is 5.61. The molecule has 3 nitrogen and oxygen atoms in total. The van der Waals surface area contributed by atoms with Crippen molar-refractivity contribution in [2.24, 2.45) is 5.73 Å². The Morgan fingerprint density at radius 1 is 1.10 bits per heavy atom. The van der Waals surface area contributed by atoms with E-state index in [1.54, 1.807) is 0 Å². The zero-order chi connectivity index (χ0) is 14.4. The van der Waals surface area contributed by atoms with E-state index in [4.69, 9.17) is 5.73 Å². The molecule has 0 radical (unpaired) electrons. The molecule has 1 aromatic heterocycles. The predicted octanol–water partition coefficient (Wildman–Crippen LogP) is 3.02. The highest BCUT2D eigenvalue weighted by atomic mass is 79.9. The number of rotatable bonds is 6. The van der Waals surface area contributed by atoms with Crippen molar-refractivity contribution >= 4 is 21.6 Å². The quantitative estimate of drug-likeness (QED) is 0.883. The fraction of sp³-hybridized carbons (Fsp3) is 0.312. The normalized spacial score (nSPS) is 10.6. The molecule has 1 aromatic carbocycles. The average Bonchev–Trinajstić information content (AvgIpc) is 2.46. The largest absolute Gasteiger partial charge is 0.373 e. The molecular formula is C16H20BrN3. The van der Waals surface area contributed by atoms with Crippen LogP contribution < -0.4 is 10.6 Å². The lowest BCUT2D eigenvalue weighted by Crippen LogP contribution is -2.20. The van der Waals surface area contributed by atoms with Gasteiger partial charge in [-0.25, -0.2) is 0 Å². The van der Waals surface area contributed by atoms with Crippen LogP contribution in [-0.2, 0) is 12.8 Å². The van der Waals surface area contributed by atoms with Crippen LogP contribution in [0.15, 0.2) is 47.2 Å². The van der Waals surface area contributed by atoms with Gasteiger partial charge in [0.05, 0.1) is 5.69 Å². The minimum atomic E-state index is 0.684. The fourth-order valence-electron chi connectivity index (χ4n) is 2.15. The number of benzene rings is 1. The minimum absolute atomic E-state index is 0.684. The molecule has 1 heterocycles. The summed E-state index contributed by atoms with van der Waals surface area (Å²) in [7, 11) is 2.11. The summed E-state index contributed by atoms with van der Waals surface area (Å²) < 4.78 is 1.13. The standard InChI is InChI=1S/C16H20BrN3/c1-20(11-7-13-5-9-19-10-6-13)16-3-2-14(4-8-18)12-15(16)17/h2-3,5-6,9-10,12H,4,7-8,11,18H2,1H3. The number of nitrogens with zero attached hydrogens (tertiary/aromatic N) is 2. The Morgan fingerprint density at radius 2 is 1.85 bits per heavy atom. The molecule has 0 aliphatic rings. The van der Waals surface area contributed by atoms with Gasteiger partial charge in [-0.2, -0.15) is 0 Å². The van der Waals surface area contributed by atoms with E-state index in [1.165, 1.54) is 16.8 Å². The Morgan fingerprint density at radius 3 is 2.50 bits per heavy atom. The van der Waals surface area contributed by atoms with E-state index in [2.05, 4.69) is 63.2 Å². The van der Waals surface area contributed by atoms with Gasteiger partial charge in [0.15, 0.2) is 0 Å². The van der Waals surface area contributed by atoms with Gasteiger partial charge in [-0.05, 0) is 70.7 Å². The third-order valence-corrected chi connectivity index (χ3v) is 3.98. The first-order valence-corrected chi connectivity index (χ1v) is 7.58. The second-order valence-electron chi connectivity index (χ2n) is 4.85. The summed E-state index contributed by atoms with van der Waals surface area (Å²) in [6, 6.07) is 10.6. The topological polar surface area (TPSA) is 42.2 Å². The molecule has 106 valence electrons. The van der Waals surface area contributed by atoms with Crippen molar-refractivity contribution in [2.75, 3.05) is 25.0 Å². The van der Waals surface area contributed by atoms with Crippen LogP contribution in [0.4, 0.5) is 5.69 Å². The van der Waals surface area contributed by atoms with Crippen molar-refractivity contribution < 1.29 is 0 Å². The Hall–Kier alpha value is -1.39. The van der Waals surface area contributed by atoms with Gasteiger partial charge in [0, 0.05) is 30.5 Å². The SMILES string of the molecule is CN(CCc1ccncc1)c1ccc(CCN)cc1Br. The van der Waals surface area contributed by atoms with Crippen LogP contribution in [0.25, 0.3) is 0 Å². The molecule has 0 unspecified atom stereocenters. The molecule has 0 bridgehead atoms. The summed E-state index contributed by atoms with van der Waals surface area (Å²) in [6.45, 7) is 1.66. The molecule has 4 heteroatoms. The maximum atomic E-state index is 5.59. The second-order valence-corrected chi connectivity index (χ2v) is 5.71. The lowest BCUT2D eigenvalue weighted by atomic mass is 10.1. The van der Waals surface area contributed by atoms with Gasteiger partial charge in [-0.15, -0.1) is 0 Å². The number of likely N-dealkylation sites (N-methyl/N-ethyl adjacent to an activating group) is 1. The van der Waals surface area contributed by atoms with Gasteiger partial charge in [-0.1, -0.05) is 6.07 Å². The van der Waals surface area contributed by atoms with Crippen molar-refractivity contribution in [2.45, 2.75) is 12.8 Å². The molecular weight excluding hydrogens is 314 g/mol. The van der Waals surface area contributed by atoms with E-state index in [9.17, 15) is 0 Å². The summed E-state index contributed by atoms with van der Waals surface area (Å²) in [5.41, 5.74) is 9.38. The predicted molar refractivity (Wildman–Crippen MR) is 88.1 cm³/mol. The molecule has 0 fully saturated rings. The van der Waals surface area contributed by atoms with Crippen molar-refractivity contribution in [3.8, 4) is 0 Å². The smallest absolute Gasteiger partial charge is 0.0508 e. The molecule has 0 spiro atoms. The summed E-state index contributed by atoms with van der Waals surface area (Å²) in [4.78, 5) is 6.30. The zero-order valence-corrected chi connectivity index (χ0v) is 13.3. The zero-order valence-electron chi connectivity index (χ0n) is 11.7. The monoisotopic (exact) mass is 333 g/mol. The van der Waals surface area contributed by atoms with Crippen LogP contribution in [0.1, 0.15) is 11.1 Å². The maximum Gasteiger partial charge on any atom is 0.0508 e. The van der Waals surface area contributed by atoms with E-state index >= 15 is 0 Å². The first-order chi connectivity index (χ1) is 9.70. The van der Waals surface area contributed by atoms with Crippen LogP contribution in [0.3, 0.4) is 0 Å². The molecule has 0 amide bonds. The van der Waals surface area contributed by atoms with Gasteiger partial charge < -0.3 is 10.6 Å². The molecule has 0 aliphatic carbocycles. The van der Waals surface area contributed by atoms with Gasteiger partial charge in [0.1, 0.15) is 0 Å². The summed E-state index contributed by atoms with van der Waals surface area (Å²) in [5, 5.41) is 0. The molecule has 20 heavy (non-hydrogen) atoms. The van der Waals surface area contributed by atoms with Crippen LogP contribution in [0, 0.1) is 0 Å². The molecule has 2 aromatic rings. The Balaban J connectivity index is 2.00. The molecule has 2 N–H and O–H groups in total. The maximum absolute atomic E-state index is 5.59. The average molecular weight is 334 g/mol. The van der Waals surface area contributed by atoms with Gasteiger partial charge in [0.2, 0.25) is 0 Å². The number of pyridine rings is 1. The molecule has 0 saturated heterocycles. The Bertz CT molecular complexity index is 543. The number of hydrogen-bond acceptors (Lipinski definition) is 3. The van der Waals surface area contributed by atoms with E-state index < -0.39 is 0 Å². The summed E-state index contributed by atoms with van der Waals surface area (Å²) >= 11 is 3.65. The van der Waals surface area contributed by atoms with E-state index in [1.807, 2.05) is 12.4 Å². The van der Waals surface area contributed by atoms with E-state index in [-0.39, 0.29) is 0 Å². The summed E-state index contributed by atoms with van der Waals surface area (Å²) in [5.74, 6) is 0. The molecule has 0 saturated carbocycles. The van der Waals surface area contributed by atoms with Crippen LogP contribution in [0.5, 0.6) is 0 Å². The minimum Gasteiger partial charge on any atom is -0.373 e. The van der Waals surface area contributed by atoms with E-state index in [0.29, 0.717) is 6.54 Å². The highest BCUT2D eigenvalue weighted by Gasteiger charge is 2.06. The number of nitrogens with two attached hydrogens (primary N) is 1.